The molecule has 1 atom stereocenters. The van der Waals surface area contributed by atoms with Crippen LogP contribution in [-0.2, 0) is 9.53 Å². The lowest BCUT2D eigenvalue weighted by atomic mass is 9.93. The van der Waals surface area contributed by atoms with Crippen LogP contribution in [0.25, 0.3) is 0 Å². The molecule has 0 aliphatic carbocycles. The highest BCUT2D eigenvalue weighted by Gasteiger charge is 2.36. The molecule has 0 saturated carbocycles. The fourth-order valence-electron chi connectivity index (χ4n) is 5.29. The summed E-state index contributed by atoms with van der Waals surface area (Å²) in [5, 5.41) is 0. The van der Waals surface area contributed by atoms with Crippen LogP contribution in [0.3, 0.4) is 0 Å². The van der Waals surface area contributed by atoms with Gasteiger partial charge in [-0.15, -0.1) is 0 Å². The van der Waals surface area contributed by atoms with Gasteiger partial charge in [-0.2, -0.15) is 0 Å². The molecular formula is C36H64O2. The van der Waals surface area contributed by atoms with E-state index in [0.717, 1.165) is 25.0 Å². The molecule has 0 bridgehead atoms. The third-order valence-corrected chi connectivity index (χ3v) is 7.91. The Balaban J connectivity index is 1.91. The molecule has 1 aliphatic heterocycles. The number of cyclic esters (lactones) is 1. The third-order valence-electron chi connectivity index (χ3n) is 7.91. The van der Waals surface area contributed by atoms with Gasteiger partial charge >= 0.3 is 5.97 Å². The average Bonchev–Trinajstić information content (AvgIpc) is 2.92. The van der Waals surface area contributed by atoms with Crippen molar-refractivity contribution in [1.82, 2.24) is 0 Å². The second-order valence-electron chi connectivity index (χ2n) is 11.6. The van der Waals surface area contributed by atoms with Gasteiger partial charge in [0.05, 0.1) is 0 Å². The van der Waals surface area contributed by atoms with E-state index in [9.17, 15) is 4.79 Å². The zero-order valence-electron chi connectivity index (χ0n) is 25.7. The number of carbonyl (C=O) groups is 1. The summed E-state index contributed by atoms with van der Waals surface area (Å²) in [5.74, 6) is 1.02. The van der Waals surface area contributed by atoms with E-state index < -0.39 is 0 Å². The number of carbonyl (C=O) groups excluding carboxylic acids is 1. The molecule has 1 aliphatic rings. The summed E-state index contributed by atoms with van der Waals surface area (Å²) in [6.45, 7) is 4.56. The van der Waals surface area contributed by atoms with Gasteiger partial charge < -0.3 is 4.74 Å². The van der Waals surface area contributed by atoms with Crippen molar-refractivity contribution in [3.05, 3.63) is 36.1 Å². The molecule has 2 heteroatoms. The summed E-state index contributed by atoms with van der Waals surface area (Å²) in [5.41, 5.74) is 0. The summed E-state index contributed by atoms with van der Waals surface area (Å²) in [6, 6.07) is 0. The van der Waals surface area contributed by atoms with Crippen LogP contribution >= 0.6 is 0 Å². The molecule has 0 amide bonds. The molecule has 0 spiro atoms. The van der Waals surface area contributed by atoms with Gasteiger partial charge in [-0.05, 0) is 76.7 Å². The van der Waals surface area contributed by atoms with Crippen LogP contribution in [0.4, 0.5) is 0 Å². The molecule has 1 rings (SSSR count). The standard InChI is InChI=1S/C36H64O2/c1-3-5-7-9-11-13-15-17-19-21-23-25-27-29-31-33-35-34(36(37)38-35)32-30-28-26-24-22-20-18-16-14-12-10-8-6-4-2/h17-20,33-34H,3-16,21-32H2,1-2H3/b19-17-,20-18-,35-33+. The van der Waals surface area contributed by atoms with Crippen LogP contribution in [0, 0.1) is 5.92 Å². The van der Waals surface area contributed by atoms with E-state index in [2.05, 4.69) is 44.2 Å². The third kappa shape index (κ3) is 20.6. The number of unbranched alkanes of at least 4 members (excludes halogenated alkanes) is 21. The van der Waals surface area contributed by atoms with Gasteiger partial charge in [-0.1, -0.05) is 134 Å². The number of esters is 1. The fraction of sp³-hybridized carbons (Fsp3) is 0.806. The second kappa shape index (κ2) is 27.3. The number of rotatable bonds is 28. The summed E-state index contributed by atoms with van der Waals surface area (Å²) >= 11 is 0. The number of allylic oxidation sites excluding steroid dienone is 5. The van der Waals surface area contributed by atoms with Crippen LogP contribution in [0.15, 0.2) is 36.1 Å². The van der Waals surface area contributed by atoms with E-state index in [1.807, 2.05) is 0 Å². The summed E-state index contributed by atoms with van der Waals surface area (Å²) in [6.07, 6.45) is 45.4. The van der Waals surface area contributed by atoms with Crippen LogP contribution in [-0.4, -0.2) is 5.97 Å². The van der Waals surface area contributed by atoms with Gasteiger partial charge in [0.2, 0.25) is 0 Å². The molecule has 1 unspecified atom stereocenters. The quantitative estimate of drug-likeness (QED) is 0.0573. The van der Waals surface area contributed by atoms with Gasteiger partial charge in [0.25, 0.3) is 0 Å². The predicted molar refractivity (Wildman–Crippen MR) is 167 cm³/mol. The molecule has 220 valence electrons. The van der Waals surface area contributed by atoms with E-state index in [1.54, 1.807) is 0 Å². The van der Waals surface area contributed by atoms with Crippen molar-refractivity contribution in [3.8, 4) is 0 Å². The van der Waals surface area contributed by atoms with Gasteiger partial charge in [0, 0.05) is 0 Å². The van der Waals surface area contributed by atoms with Crippen molar-refractivity contribution in [2.75, 3.05) is 0 Å². The van der Waals surface area contributed by atoms with Crippen LogP contribution in [0.1, 0.15) is 181 Å². The van der Waals surface area contributed by atoms with Crippen LogP contribution < -0.4 is 0 Å². The first-order valence-electron chi connectivity index (χ1n) is 17.0. The molecule has 2 nitrogen and oxygen atoms in total. The van der Waals surface area contributed by atoms with Crippen LogP contribution in [0.2, 0.25) is 0 Å². The van der Waals surface area contributed by atoms with Crippen molar-refractivity contribution in [2.24, 2.45) is 5.92 Å². The lowest BCUT2D eigenvalue weighted by Gasteiger charge is -2.28. The SMILES string of the molecule is CCCCCCCC/C=C\CCCCCC/C=C1/OC(=O)C1CCCCCC/C=C\CCCCCCCC. The maximum Gasteiger partial charge on any atom is 0.321 e. The Kier molecular flexibility index (Phi) is 24.9. The van der Waals surface area contributed by atoms with Gasteiger partial charge in [0.1, 0.15) is 11.7 Å². The Morgan fingerprint density at radius 3 is 1.29 bits per heavy atom. The highest BCUT2D eigenvalue weighted by molar-refractivity contribution is 5.82. The molecule has 0 aromatic heterocycles. The van der Waals surface area contributed by atoms with E-state index in [4.69, 9.17) is 4.74 Å². The summed E-state index contributed by atoms with van der Waals surface area (Å²) < 4.78 is 5.34. The smallest absolute Gasteiger partial charge is 0.321 e. The Labute approximate surface area is 238 Å². The maximum atomic E-state index is 11.9. The Morgan fingerprint density at radius 1 is 0.500 bits per heavy atom. The lowest BCUT2D eigenvalue weighted by Crippen LogP contribution is -2.32. The molecule has 0 aromatic rings. The first-order chi connectivity index (χ1) is 18.8. The van der Waals surface area contributed by atoms with Gasteiger partial charge in [0.15, 0.2) is 0 Å². The van der Waals surface area contributed by atoms with E-state index >= 15 is 0 Å². The molecule has 1 saturated heterocycles. The zero-order chi connectivity index (χ0) is 27.4. The molecule has 1 heterocycles. The van der Waals surface area contributed by atoms with E-state index in [1.165, 1.54) is 148 Å². The minimum absolute atomic E-state index is 0.00150. The first kappa shape index (κ1) is 34.7. The first-order valence-corrected chi connectivity index (χ1v) is 17.0. The van der Waals surface area contributed by atoms with Gasteiger partial charge in [-0.25, -0.2) is 0 Å². The summed E-state index contributed by atoms with van der Waals surface area (Å²) in [7, 11) is 0. The summed E-state index contributed by atoms with van der Waals surface area (Å²) in [4.78, 5) is 11.9. The molecule has 1 fully saturated rings. The highest BCUT2D eigenvalue weighted by atomic mass is 16.6. The Morgan fingerprint density at radius 2 is 0.868 bits per heavy atom. The number of hydrogen-bond donors (Lipinski definition) is 0. The second-order valence-corrected chi connectivity index (χ2v) is 11.6. The van der Waals surface area contributed by atoms with Crippen molar-refractivity contribution < 1.29 is 9.53 Å². The Bertz CT molecular complexity index is 615. The molecule has 38 heavy (non-hydrogen) atoms. The predicted octanol–water partition coefficient (Wildman–Crippen LogP) is 12.3. The molecule has 0 radical (unpaired) electrons. The largest absolute Gasteiger partial charge is 0.430 e. The van der Waals surface area contributed by atoms with E-state index in [-0.39, 0.29) is 11.9 Å². The fourth-order valence-corrected chi connectivity index (χ4v) is 5.29. The molecular weight excluding hydrogens is 464 g/mol. The average molecular weight is 529 g/mol. The lowest BCUT2D eigenvalue weighted by molar-refractivity contribution is -0.157. The molecule has 0 aromatic carbocycles. The highest BCUT2D eigenvalue weighted by Crippen LogP contribution is 2.32. The normalized spacial score (nSPS) is 16.6. The minimum atomic E-state index is 0.00150. The topological polar surface area (TPSA) is 26.3 Å². The van der Waals surface area contributed by atoms with Crippen molar-refractivity contribution >= 4 is 5.97 Å². The Hall–Kier alpha value is -1.31. The van der Waals surface area contributed by atoms with E-state index in [0.29, 0.717) is 0 Å². The number of ether oxygens (including phenoxy) is 1. The zero-order valence-corrected chi connectivity index (χ0v) is 25.7. The van der Waals surface area contributed by atoms with Crippen LogP contribution in [0.5, 0.6) is 0 Å². The maximum absolute atomic E-state index is 11.9. The van der Waals surface area contributed by atoms with Crippen molar-refractivity contribution in [1.29, 1.82) is 0 Å². The van der Waals surface area contributed by atoms with Crippen molar-refractivity contribution in [2.45, 2.75) is 181 Å². The minimum Gasteiger partial charge on any atom is -0.430 e. The van der Waals surface area contributed by atoms with Gasteiger partial charge in [-0.3, -0.25) is 4.79 Å². The van der Waals surface area contributed by atoms with Crippen molar-refractivity contribution in [3.63, 3.8) is 0 Å². The monoisotopic (exact) mass is 528 g/mol. The number of hydrogen-bond acceptors (Lipinski definition) is 2. The molecule has 0 N–H and O–H groups in total.